The summed E-state index contributed by atoms with van der Waals surface area (Å²) in [7, 11) is 0. The largest absolute Gasteiger partial charge is 0.416 e. The van der Waals surface area contributed by atoms with Crippen LogP contribution in [0.25, 0.3) is 0 Å². The Balaban J connectivity index is 1.58. The highest BCUT2D eigenvalue weighted by molar-refractivity contribution is 7.98. The summed E-state index contributed by atoms with van der Waals surface area (Å²) in [6.07, 6.45) is 0.413. The van der Waals surface area contributed by atoms with E-state index in [1.54, 1.807) is 6.07 Å². The van der Waals surface area contributed by atoms with Gasteiger partial charge in [0, 0.05) is 5.75 Å². The molecule has 0 saturated carbocycles. The molecule has 23 heavy (non-hydrogen) atoms. The van der Waals surface area contributed by atoms with Gasteiger partial charge in [-0.25, -0.2) is 4.39 Å². The lowest BCUT2D eigenvalue weighted by atomic mass is 10.1. The molecule has 118 valence electrons. The molecule has 0 amide bonds. The normalized spacial score (nSPS) is 10.9. The Morgan fingerprint density at radius 1 is 1.00 bits per heavy atom. The number of thioether (sulfide) groups is 1. The fraction of sp³-hybridized carbons (Fsp3) is 0.176. The van der Waals surface area contributed by atoms with Crippen LogP contribution in [-0.4, -0.2) is 15.3 Å². The topological polar surface area (TPSA) is 59.2 Å². The van der Waals surface area contributed by atoms with Crippen molar-refractivity contribution in [1.82, 2.24) is 10.2 Å². The average Bonchev–Trinajstić information content (AvgIpc) is 3.01. The summed E-state index contributed by atoms with van der Waals surface area (Å²) < 4.78 is 18.7. The van der Waals surface area contributed by atoms with Gasteiger partial charge in [-0.3, -0.25) is 0 Å². The molecule has 0 aliphatic heterocycles. The van der Waals surface area contributed by atoms with Crippen molar-refractivity contribution in [2.24, 2.45) is 0 Å². The van der Waals surface area contributed by atoms with E-state index in [-0.39, 0.29) is 12.4 Å². The van der Waals surface area contributed by atoms with Crippen molar-refractivity contribution in [2.75, 3.05) is 0 Å². The average molecular weight is 330 g/mol. The van der Waals surface area contributed by atoms with Crippen molar-refractivity contribution in [2.45, 2.75) is 24.0 Å². The zero-order chi connectivity index (χ0) is 16.1. The summed E-state index contributed by atoms with van der Waals surface area (Å²) in [5, 5.41) is 17.5. The number of aliphatic hydroxyl groups is 1. The molecular formula is C17H15FN2O2S. The van der Waals surface area contributed by atoms with Crippen molar-refractivity contribution < 1.29 is 13.9 Å². The highest BCUT2D eigenvalue weighted by Crippen LogP contribution is 2.22. The molecule has 0 fully saturated rings. The highest BCUT2D eigenvalue weighted by atomic mass is 32.2. The van der Waals surface area contributed by atoms with E-state index in [9.17, 15) is 4.39 Å². The fourth-order valence-electron chi connectivity index (χ4n) is 2.08. The zero-order valence-electron chi connectivity index (χ0n) is 12.3. The van der Waals surface area contributed by atoms with E-state index >= 15 is 0 Å². The molecule has 1 N–H and O–H groups in total. The van der Waals surface area contributed by atoms with E-state index in [0.717, 1.165) is 16.7 Å². The first-order valence-electron chi connectivity index (χ1n) is 7.11. The Hall–Kier alpha value is -2.18. The molecule has 0 spiro atoms. The summed E-state index contributed by atoms with van der Waals surface area (Å²) in [4.78, 5) is 0. The van der Waals surface area contributed by atoms with E-state index in [1.807, 2.05) is 30.3 Å². The van der Waals surface area contributed by atoms with Crippen LogP contribution >= 0.6 is 11.8 Å². The zero-order valence-corrected chi connectivity index (χ0v) is 13.1. The molecule has 0 aliphatic carbocycles. The van der Waals surface area contributed by atoms with Gasteiger partial charge in [0.15, 0.2) is 0 Å². The number of rotatable bonds is 6. The maximum absolute atomic E-state index is 13.2. The van der Waals surface area contributed by atoms with E-state index in [0.29, 0.717) is 23.3 Å². The van der Waals surface area contributed by atoms with Gasteiger partial charge in [0.2, 0.25) is 5.89 Å². The van der Waals surface area contributed by atoms with Crippen molar-refractivity contribution in [3.63, 3.8) is 0 Å². The van der Waals surface area contributed by atoms with Crippen LogP contribution in [0.1, 0.15) is 22.6 Å². The molecule has 3 rings (SSSR count). The highest BCUT2D eigenvalue weighted by Gasteiger charge is 2.08. The first-order chi connectivity index (χ1) is 11.2. The third-order valence-electron chi connectivity index (χ3n) is 3.26. The molecule has 6 heteroatoms. The van der Waals surface area contributed by atoms with Crippen LogP contribution < -0.4 is 0 Å². The van der Waals surface area contributed by atoms with Gasteiger partial charge in [-0.2, -0.15) is 0 Å². The summed E-state index contributed by atoms with van der Waals surface area (Å²) in [5.41, 5.74) is 2.79. The Kier molecular flexibility index (Phi) is 5.05. The lowest BCUT2D eigenvalue weighted by Gasteiger charge is -2.00. The molecular weight excluding hydrogens is 315 g/mol. The van der Waals surface area contributed by atoms with Gasteiger partial charge >= 0.3 is 0 Å². The molecule has 0 atom stereocenters. The number of hydrogen-bond donors (Lipinski definition) is 1. The van der Waals surface area contributed by atoms with Gasteiger partial charge in [-0.1, -0.05) is 48.2 Å². The minimum atomic E-state index is -0.275. The maximum atomic E-state index is 13.2. The monoisotopic (exact) mass is 330 g/mol. The number of hydrogen-bond acceptors (Lipinski definition) is 5. The van der Waals surface area contributed by atoms with Gasteiger partial charge in [0.05, 0.1) is 13.0 Å². The second-order valence-electron chi connectivity index (χ2n) is 5.03. The molecule has 0 bridgehead atoms. The van der Waals surface area contributed by atoms with Gasteiger partial charge in [0.1, 0.15) is 5.82 Å². The van der Waals surface area contributed by atoms with Crippen LogP contribution in [-0.2, 0) is 18.8 Å². The Morgan fingerprint density at radius 3 is 2.52 bits per heavy atom. The lowest BCUT2D eigenvalue weighted by Crippen LogP contribution is -1.89. The van der Waals surface area contributed by atoms with Crippen LogP contribution in [0, 0.1) is 5.82 Å². The minimum Gasteiger partial charge on any atom is -0.416 e. The number of nitrogens with zero attached hydrogens (tertiary/aromatic N) is 2. The fourth-order valence-corrected chi connectivity index (χ4v) is 2.81. The van der Waals surface area contributed by atoms with Gasteiger partial charge in [-0.15, -0.1) is 10.2 Å². The molecule has 1 heterocycles. The second kappa shape index (κ2) is 7.39. The molecule has 2 aromatic carbocycles. The summed E-state index contributed by atoms with van der Waals surface area (Å²) in [6, 6.07) is 14.0. The first-order valence-corrected chi connectivity index (χ1v) is 8.10. The van der Waals surface area contributed by atoms with Crippen molar-refractivity contribution in [3.8, 4) is 0 Å². The SMILES string of the molecule is OCc1ccc(CSc2nnc(Cc3cccc(F)c3)o2)cc1. The van der Waals surface area contributed by atoms with Crippen molar-refractivity contribution in [3.05, 3.63) is 76.9 Å². The molecule has 4 nitrogen and oxygen atoms in total. The molecule has 0 aliphatic rings. The van der Waals surface area contributed by atoms with Crippen molar-refractivity contribution in [1.29, 1.82) is 0 Å². The predicted molar refractivity (Wildman–Crippen MR) is 85.4 cm³/mol. The van der Waals surface area contributed by atoms with Gasteiger partial charge < -0.3 is 9.52 Å². The van der Waals surface area contributed by atoms with E-state index in [1.165, 1.54) is 23.9 Å². The predicted octanol–water partition coefficient (Wildman–Crippen LogP) is 3.58. The summed E-state index contributed by atoms with van der Waals surface area (Å²) in [6.45, 7) is 0.0422. The standard InChI is InChI=1S/C17H15FN2O2S/c18-15-3-1-2-14(8-15)9-16-19-20-17(22-16)23-11-13-6-4-12(10-21)5-7-13/h1-8,21H,9-11H2. The van der Waals surface area contributed by atoms with E-state index < -0.39 is 0 Å². The van der Waals surface area contributed by atoms with Crippen LogP contribution in [0.15, 0.2) is 58.2 Å². The lowest BCUT2D eigenvalue weighted by molar-refractivity contribution is 0.282. The number of halogens is 1. The Morgan fingerprint density at radius 2 is 1.78 bits per heavy atom. The quantitative estimate of drug-likeness (QED) is 0.700. The number of aliphatic hydroxyl groups excluding tert-OH is 1. The molecule has 1 aromatic heterocycles. The summed E-state index contributed by atoms with van der Waals surface area (Å²) >= 11 is 1.44. The Labute approximate surface area is 137 Å². The first kappa shape index (κ1) is 15.7. The Bertz CT molecular complexity index is 774. The third kappa shape index (κ3) is 4.40. The third-order valence-corrected chi connectivity index (χ3v) is 4.15. The summed E-state index contributed by atoms with van der Waals surface area (Å²) in [5.74, 6) is 0.893. The van der Waals surface area contributed by atoms with Crippen LogP contribution in [0.3, 0.4) is 0 Å². The number of benzene rings is 2. The van der Waals surface area contributed by atoms with Gasteiger partial charge in [0.25, 0.3) is 5.22 Å². The molecule has 0 saturated heterocycles. The van der Waals surface area contributed by atoms with Crippen LogP contribution in [0.2, 0.25) is 0 Å². The van der Waals surface area contributed by atoms with E-state index in [4.69, 9.17) is 9.52 Å². The van der Waals surface area contributed by atoms with Crippen LogP contribution in [0.5, 0.6) is 0 Å². The minimum absolute atomic E-state index is 0.0422. The van der Waals surface area contributed by atoms with Gasteiger partial charge in [-0.05, 0) is 28.8 Å². The number of aromatic nitrogens is 2. The smallest absolute Gasteiger partial charge is 0.276 e. The maximum Gasteiger partial charge on any atom is 0.276 e. The van der Waals surface area contributed by atoms with E-state index in [2.05, 4.69) is 10.2 Å². The van der Waals surface area contributed by atoms with Crippen LogP contribution in [0.4, 0.5) is 4.39 Å². The molecule has 3 aromatic rings. The molecule has 0 unspecified atom stereocenters. The van der Waals surface area contributed by atoms with Crippen molar-refractivity contribution >= 4 is 11.8 Å². The molecule has 0 radical (unpaired) electrons. The second-order valence-corrected chi connectivity index (χ2v) is 5.96.